The van der Waals surface area contributed by atoms with Gasteiger partial charge in [0.1, 0.15) is 0 Å². The second-order valence-corrected chi connectivity index (χ2v) is 4.28. The van der Waals surface area contributed by atoms with E-state index < -0.39 is 5.60 Å². The molecule has 1 heterocycles. The van der Waals surface area contributed by atoms with Crippen LogP contribution in [0.5, 0.6) is 0 Å². The van der Waals surface area contributed by atoms with E-state index in [0.29, 0.717) is 6.04 Å². The number of aliphatic imine (C=N–C) groups is 1. The Morgan fingerprint density at radius 2 is 2.38 bits per heavy atom. The molecule has 0 bridgehead atoms. The number of aliphatic hydroxyl groups is 1. The van der Waals surface area contributed by atoms with Gasteiger partial charge in [0, 0.05) is 24.5 Å². The number of rotatable bonds is 1. The molecule has 1 saturated carbocycles. The van der Waals surface area contributed by atoms with Crippen LogP contribution in [0.15, 0.2) is 17.3 Å². The van der Waals surface area contributed by atoms with Gasteiger partial charge in [-0.25, -0.2) is 0 Å². The van der Waals surface area contributed by atoms with E-state index in [-0.39, 0.29) is 0 Å². The first-order chi connectivity index (χ1) is 6.08. The third-order valence-corrected chi connectivity index (χ3v) is 2.87. The fraction of sp³-hybridized carbons (Fsp3) is 0.700. The Kier molecular flexibility index (Phi) is 1.91. The van der Waals surface area contributed by atoms with Gasteiger partial charge in [0.15, 0.2) is 0 Å². The lowest BCUT2D eigenvalue weighted by atomic mass is 9.76. The van der Waals surface area contributed by atoms with E-state index in [9.17, 15) is 5.11 Å². The Morgan fingerprint density at radius 3 is 2.92 bits per heavy atom. The summed E-state index contributed by atoms with van der Waals surface area (Å²) in [5, 5.41) is 9.61. The van der Waals surface area contributed by atoms with Gasteiger partial charge >= 0.3 is 0 Å². The zero-order chi connectivity index (χ0) is 9.47. The van der Waals surface area contributed by atoms with Crippen LogP contribution in [0.1, 0.15) is 19.8 Å². The van der Waals surface area contributed by atoms with E-state index in [1.807, 2.05) is 13.1 Å². The van der Waals surface area contributed by atoms with Crippen molar-refractivity contribution in [2.24, 2.45) is 4.99 Å². The molecule has 13 heavy (non-hydrogen) atoms. The Labute approximate surface area is 78.8 Å². The van der Waals surface area contributed by atoms with Gasteiger partial charge < -0.3 is 10.0 Å². The zero-order valence-corrected chi connectivity index (χ0v) is 8.03. The molecular weight excluding hydrogens is 164 g/mol. The average Bonchev–Trinajstić information content (AvgIpc) is 2.01. The van der Waals surface area contributed by atoms with Crippen molar-refractivity contribution in [1.29, 1.82) is 0 Å². The molecule has 0 atom stereocenters. The Morgan fingerprint density at radius 1 is 1.69 bits per heavy atom. The van der Waals surface area contributed by atoms with Gasteiger partial charge in [-0.1, -0.05) is 6.58 Å². The van der Waals surface area contributed by atoms with E-state index in [0.717, 1.165) is 31.6 Å². The Bertz CT molecular complexity index is 250. The lowest BCUT2D eigenvalue weighted by Crippen LogP contribution is -2.54. The molecule has 0 radical (unpaired) electrons. The van der Waals surface area contributed by atoms with Crippen LogP contribution in [-0.2, 0) is 0 Å². The van der Waals surface area contributed by atoms with Crippen molar-refractivity contribution in [3.8, 4) is 0 Å². The van der Waals surface area contributed by atoms with Crippen LogP contribution in [0.4, 0.5) is 0 Å². The van der Waals surface area contributed by atoms with Gasteiger partial charge in [-0.3, -0.25) is 4.99 Å². The van der Waals surface area contributed by atoms with Crippen LogP contribution in [0, 0.1) is 0 Å². The summed E-state index contributed by atoms with van der Waals surface area (Å²) in [6.45, 7) is 7.65. The molecular formula is C10H16N2O. The maximum Gasteiger partial charge on any atom is 0.0658 e. The van der Waals surface area contributed by atoms with Gasteiger partial charge in [-0.2, -0.15) is 0 Å². The molecule has 72 valence electrons. The molecule has 3 nitrogen and oxygen atoms in total. The molecule has 1 N–H and O–H groups in total. The van der Waals surface area contributed by atoms with Crippen molar-refractivity contribution in [2.45, 2.75) is 31.4 Å². The quantitative estimate of drug-likeness (QED) is 0.648. The van der Waals surface area contributed by atoms with Gasteiger partial charge in [0.05, 0.1) is 12.1 Å². The molecule has 1 aliphatic carbocycles. The molecule has 3 heteroatoms. The minimum absolute atomic E-state index is 0.445. The summed E-state index contributed by atoms with van der Waals surface area (Å²) in [7, 11) is 0. The smallest absolute Gasteiger partial charge is 0.0658 e. The molecule has 0 aromatic heterocycles. The van der Waals surface area contributed by atoms with Gasteiger partial charge in [0.25, 0.3) is 0 Å². The standard InChI is InChI=1S/C10H16N2O/c1-8-7-11-3-4-12(8)9-5-10(2,13)6-9/h7,9,13H,1,3-6H2,2H3. The van der Waals surface area contributed by atoms with E-state index in [1.54, 1.807) is 0 Å². The third-order valence-electron chi connectivity index (χ3n) is 2.87. The van der Waals surface area contributed by atoms with Crippen LogP contribution >= 0.6 is 0 Å². The van der Waals surface area contributed by atoms with E-state index in [1.165, 1.54) is 0 Å². The highest BCUT2D eigenvalue weighted by Crippen LogP contribution is 2.36. The summed E-state index contributed by atoms with van der Waals surface area (Å²) < 4.78 is 0. The second kappa shape index (κ2) is 2.84. The van der Waals surface area contributed by atoms with Crippen molar-refractivity contribution in [2.75, 3.05) is 13.1 Å². The highest BCUT2D eigenvalue weighted by molar-refractivity contribution is 5.77. The number of hydrogen-bond donors (Lipinski definition) is 1. The third kappa shape index (κ3) is 1.61. The molecule has 2 aliphatic rings. The van der Waals surface area contributed by atoms with Gasteiger partial charge in [0.2, 0.25) is 0 Å². The van der Waals surface area contributed by atoms with Crippen molar-refractivity contribution in [3.63, 3.8) is 0 Å². The van der Waals surface area contributed by atoms with E-state index in [4.69, 9.17) is 0 Å². The van der Waals surface area contributed by atoms with Crippen molar-refractivity contribution in [3.05, 3.63) is 12.3 Å². The summed E-state index contributed by atoms with van der Waals surface area (Å²) in [5.41, 5.74) is 0.547. The normalized spacial score (nSPS) is 39.1. The number of allylic oxidation sites excluding steroid dienone is 1. The highest BCUT2D eigenvalue weighted by atomic mass is 16.3. The maximum atomic E-state index is 9.61. The summed E-state index contributed by atoms with van der Waals surface area (Å²) in [5.74, 6) is 0. The summed E-state index contributed by atoms with van der Waals surface area (Å²) in [6.07, 6.45) is 3.55. The summed E-state index contributed by atoms with van der Waals surface area (Å²) >= 11 is 0. The van der Waals surface area contributed by atoms with Crippen molar-refractivity contribution in [1.82, 2.24) is 4.90 Å². The van der Waals surface area contributed by atoms with Crippen molar-refractivity contribution < 1.29 is 5.11 Å². The Hall–Kier alpha value is -0.830. The lowest BCUT2D eigenvalue weighted by molar-refractivity contribution is -0.0679. The molecule has 0 aromatic rings. The number of nitrogens with zero attached hydrogens (tertiary/aromatic N) is 2. The molecule has 1 aliphatic heterocycles. The molecule has 0 spiro atoms. The fourth-order valence-electron chi connectivity index (χ4n) is 2.15. The molecule has 0 amide bonds. The van der Waals surface area contributed by atoms with Crippen LogP contribution in [0.25, 0.3) is 0 Å². The largest absolute Gasteiger partial charge is 0.390 e. The summed E-state index contributed by atoms with van der Waals surface area (Å²) in [6, 6.07) is 0.481. The molecule has 2 rings (SSSR count). The first-order valence-electron chi connectivity index (χ1n) is 4.76. The van der Waals surface area contributed by atoms with E-state index in [2.05, 4.69) is 16.5 Å². The van der Waals surface area contributed by atoms with Crippen molar-refractivity contribution >= 4 is 6.21 Å². The second-order valence-electron chi connectivity index (χ2n) is 4.28. The SMILES string of the molecule is C=C1C=NCCN1C1CC(C)(O)C1. The maximum absolute atomic E-state index is 9.61. The predicted octanol–water partition coefficient (Wildman–Crippen LogP) is 0.800. The first kappa shape index (κ1) is 8.75. The predicted molar refractivity (Wildman–Crippen MR) is 52.9 cm³/mol. The monoisotopic (exact) mass is 180 g/mol. The van der Waals surface area contributed by atoms with Crippen LogP contribution in [0.2, 0.25) is 0 Å². The zero-order valence-electron chi connectivity index (χ0n) is 8.03. The molecule has 0 saturated heterocycles. The van der Waals surface area contributed by atoms with Gasteiger partial charge in [-0.15, -0.1) is 0 Å². The van der Waals surface area contributed by atoms with Crippen LogP contribution in [0.3, 0.4) is 0 Å². The topological polar surface area (TPSA) is 35.8 Å². The minimum atomic E-state index is -0.445. The molecule has 0 aromatic carbocycles. The minimum Gasteiger partial charge on any atom is -0.390 e. The lowest BCUT2D eigenvalue weighted by Gasteiger charge is -2.48. The van der Waals surface area contributed by atoms with Crippen LogP contribution < -0.4 is 0 Å². The highest BCUT2D eigenvalue weighted by Gasteiger charge is 2.41. The first-order valence-corrected chi connectivity index (χ1v) is 4.76. The Balaban J connectivity index is 1.96. The van der Waals surface area contributed by atoms with Crippen LogP contribution in [-0.4, -0.2) is 41.0 Å². The van der Waals surface area contributed by atoms with Gasteiger partial charge in [-0.05, 0) is 19.8 Å². The molecule has 1 fully saturated rings. The number of hydrogen-bond acceptors (Lipinski definition) is 3. The fourth-order valence-corrected chi connectivity index (χ4v) is 2.15. The average molecular weight is 180 g/mol. The van der Waals surface area contributed by atoms with E-state index >= 15 is 0 Å². The molecule has 0 unspecified atom stereocenters. The summed E-state index contributed by atoms with van der Waals surface area (Å²) in [4.78, 5) is 6.41.